The lowest BCUT2D eigenvalue weighted by molar-refractivity contribution is -0.739. The second-order valence-electron chi connectivity index (χ2n) is 7.45. The average Bonchev–Trinajstić information content (AvgIpc) is 3.41. The number of benzene rings is 2. The van der Waals surface area contributed by atoms with E-state index in [-0.39, 0.29) is 22.3 Å². The standard InChI is InChI=1S/C24H18FN5O3S/c1-30-12-19(33-29-30)28-23(31)22-21(26)20-17(14-4-3-5-15(25)10-14)11-18(27-24(20)34-22)13-6-8-16(32-2)9-7-13/h3-12H,1-2H3,(H2-,26,28,29,31). The molecule has 0 saturated heterocycles. The molecule has 0 amide bonds. The highest BCUT2D eigenvalue weighted by atomic mass is 32.1. The molecule has 3 heterocycles. The van der Waals surface area contributed by atoms with Gasteiger partial charge in [-0.05, 0) is 53.6 Å². The van der Waals surface area contributed by atoms with Crippen LogP contribution in [0.1, 0.15) is 4.88 Å². The van der Waals surface area contributed by atoms with E-state index in [0.717, 1.165) is 16.9 Å². The summed E-state index contributed by atoms with van der Waals surface area (Å²) >= 11 is 1.12. The lowest BCUT2D eigenvalue weighted by Gasteiger charge is -2.10. The molecule has 0 unspecified atom stereocenters. The third-order valence-electron chi connectivity index (χ3n) is 5.19. The van der Waals surface area contributed by atoms with E-state index < -0.39 is 5.90 Å². The van der Waals surface area contributed by atoms with Crippen molar-refractivity contribution in [3.05, 3.63) is 71.5 Å². The van der Waals surface area contributed by atoms with Crippen LogP contribution in [0.25, 0.3) is 32.6 Å². The highest BCUT2D eigenvalue weighted by Gasteiger charge is 2.19. The molecule has 0 bridgehead atoms. The minimum Gasteiger partial charge on any atom is -0.857 e. The minimum atomic E-state index is -0.576. The van der Waals surface area contributed by atoms with Crippen LogP contribution < -0.4 is 20.3 Å². The van der Waals surface area contributed by atoms with E-state index in [1.54, 1.807) is 26.3 Å². The van der Waals surface area contributed by atoms with Crippen molar-refractivity contribution in [1.29, 1.82) is 0 Å². The second kappa shape index (κ2) is 8.56. The minimum absolute atomic E-state index is 0.0570. The van der Waals surface area contributed by atoms with Crippen LogP contribution in [0.2, 0.25) is 0 Å². The summed E-state index contributed by atoms with van der Waals surface area (Å²) in [5.74, 6) is -0.187. The first-order chi connectivity index (χ1) is 16.4. The van der Waals surface area contributed by atoms with Gasteiger partial charge in [-0.15, -0.1) is 11.3 Å². The van der Waals surface area contributed by atoms with Gasteiger partial charge in [0.1, 0.15) is 16.4 Å². The first-order valence-electron chi connectivity index (χ1n) is 10.1. The Morgan fingerprint density at radius 1 is 1.18 bits per heavy atom. The van der Waals surface area contributed by atoms with E-state index in [2.05, 4.69) is 10.3 Å². The Kier molecular flexibility index (Phi) is 5.42. The Balaban J connectivity index is 1.73. The number of aliphatic imine (C=N–C) groups is 1. The van der Waals surface area contributed by atoms with E-state index in [9.17, 15) is 9.50 Å². The summed E-state index contributed by atoms with van der Waals surface area (Å²) in [4.78, 5) is 9.47. The van der Waals surface area contributed by atoms with Crippen LogP contribution >= 0.6 is 11.3 Å². The first-order valence-corrected chi connectivity index (χ1v) is 11.0. The van der Waals surface area contributed by atoms with Crippen molar-refractivity contribution < 1.29 is 23.4 Å². The van der Waals surface area contributed by atoms with Crippen molar-refractivity contribution in [3.8, 4) is 28.1 Å². The molecule has 0 spiro atoms. The summed E-state index contributed by atoms with van der Waals surface area (Å²) in [6, 6.07) is 15.5. The van der Waals surface area contributed by atoms with Crippen LogP contribution in [0.4, 0.5) is 16.0 Å². The Bertz CT molecular complexity index is 1540. The molecule has 2 N–H and O–H groups in total. The van der Waals surface area contributed by atoms with Crippen LogP contribution in [0.5, 0.6) is 5.75 Å². The summed E-state index contributed by atoms with van der Waals surface area (Å²) in [5.41, 5.74) is 9.41. The molecule has 0 aliphatic heterocycles. The summed E-state index contributed by atoms with van der Waals surface area (Å²) in [6.07, 6.45) is 1.47. The molecule has 10 heteroatoms. The van der Waals surface area contributed by atoms with Gasteiger partial charge >= 0.3 is 5.88 Å². The Labute approximate surface area is 197 Å². The van der Waals surface area contributed by atoms with Gasteiger partial charge in [-0.1, -0.05) is 16.8 Å². The van der Waals surface area contributed by atoms with Gasteiger partial charge in [0.05, 0.1) is 23.4 Å². The van der Waals surface area contributed by atoms with Gasteiger partial charge in [0.2, 0.25) is 0 Å². The smallest absolute Gasteiger partial charge is 0.320 e. The van der Waals surface area contributed by atoms with Crippen molar-refractivity contribution >= 4 is 39.0 Å². The number of methoxy groups -OCH3 is 1. The number of thiophene rings is 1. The van der Waals surface area contributed by atoms with Gasteiger partial charge in [-0.25, -0.2) is 14.4 Å². The third-order valence-corrected chi connectivity index (χ3v) is 6.27. The zero-order valence-electron chi connectivity index (χ0n) is 18.2. The van der Waals surface area contributed by atoms with E-state index in [1.807, 2.05) is 30.3 Å². The number of rotatable bonds is 5. The number of aromatic nitrogens is 3. The van der Waals surface area contributed by atoms with Crippen LogP contribution in [0.3, 0.4) is 0 Å². The number of anilines is 1. The number of nitrogens with two attached hydrogens (primary N) is 1. The Hall–Kier alpha value is -4.31. The van der Waals surface area contributed by atoms with Crippen molar-refractivity contribution in [1.82, 2.24) is 10.3 Å². The molecular weight excluding hydrogens is 457 g/mol. The topological polar surface area (TPSA) is 113 Å². The average molecular weight is 476 g/mol. The fourth-order valence-electron chi connectivity index (χ4n) is 3.59. The molecule has 0 radical (unpaired) electrons. The fourth-order valence-corrected chi connectivity index (χ4v) is 4.59. The predicted molar refractivity (Wildman–Crippen MR) is 125 cm³/mol. The van der Waals surface area contributed by atoms with Crippen molar-refractivity contribution in [3.63, 3.8) is 0 Å². The lowest BCUT2D eigenvalue weighted by atomic mass is 9.99. The van der Waals surface area contributed by atoms with Crippen LogP contribution in [0.15, 0.2) is 70.3 Å². The number of nitrogens with zero attached hydrogens (tertiary/aromatic N) is 4. The van der Waals surface area contributed by atoms with Crippen molar-refractivity contribution in [2.45, 2.75) is 0 Å². The molecule has 8 nitrogen and oxygen atoms in total. The molecule has 0 atom stereocenters. The molecule has 5 aromatic rings. The monoisotopic (exact) mass is 475 g/mol. The molecule has 170 valence electrons. The van der Waals surface area contributed by atoms with E-state index in [4.69, 9.17) is 20.0 Å². The van der Waals surface area contributed by atoms with E-state index in [0.29, 0.717) is 32.8 Å². The number of halogens is 1. The number of nitrogen functional groups attached to an aromatic ring is 1. The van der Waals surface area contributed by atoms with Gasteiger partial charge < -0.3 is 15.6 Å². The molecule has 5 rings (SSSR count). The fraction of sp³-hybridized carbons (Fsp3) is 0.0833. The number of pyridine rings is 1. The maximum absolute atomic E-state index is 14.1. The molecule has 0 fully saturated rings. The quantitative estimate of drug-likeness (QED) is 0.236. The molecule has 0 aliphatic rings. The number of hydrogen-bond acceptors (Lipinski definition) is 8. The number of hydrogen-bond donors (Lipinski definition) is 1. The van der Waals surface area contributed by atoms with E-state index in [1.165, 1.54) is 23.0 Å². The second-order valence-corrected chi connectivity index (χ2v) is 8.45. The molecule has 2 aromatic carbocycles. The van der Waals surface area contributed by atoms with Gasteiger partial charge in [-0.2, -0.15) is 0 Å². The SMILES string of the molecule is COc1ccc(-c2cc(-c3cccc(F)c3)c3c(N)c(/C([O-])=N/c4c[n+](C)no4)sc3n2)cc1. The molecule has 34 heavy (non-hydrogen) atoms. The highest BCUT2D eigenvalue weighted by molar-refractivity contribution is 7.21. The van der Waals surface area contributed by atoms with Crippen molar-refractivity contribution in [2.24, 2.45) is 12.0 Å². The van der Waals surface area contributed by atoms with Gasteiger partial charge in [0.15, 0.2) is 12.3 Å². The first kappa shape index (κ1) is 21.5. The third kappa shape index (κ3) is 3.95. The summed E-state index contributed by atoms with van der Waals surface area (Å²) < 4.78 is 25.7. The van der Waals surface area contributed by atoms with Gasteiger partial charge in [0, 0.05) is 16.8 Å². The highest BCUT2D eigenvalue weighted by Crippen LogP contribution is 2.41. The maximum atomic E-state index is 14.1. The molecule has 0 saturated carbocycles. The number of ether oxygens (including phenoxy) is 1. The van der Waals surface area contributed by atoms with Gasteiger partial charge in [0.25, 0.3) is 6.20 Å². The zero-order valence-corrected chi connectivity index (χ0v) is 19.0. The largest absolute Gasteiger partial charge is 0.857 e. The predicted octanol–water partition coefficient (Wildman–Crippen LogP) is 3.61. The maximum Gasteiger partial charge on any atom is 0.320 e. The van der Waals surface area contributed by atoms with Crippen LogP contribution in [-0.2, 0) is 7.05 Å². The number of aryl methyl sites for hydroxylation is 1. The Morgan fingerprint density at radius 3 is 2.65 bits per heavy atom. The van der Waals surface area contributed by atoms with Crippen LogP contribution in [-0.4, -0.2) is 23.3 Å². The van der Waals surface area contributed by atoms with Crippen molar-refractivity contribution in [2.75, 3.05) is 12.8 Å². The lowest BCUT2D eigenvalue weighted by Crippen LogP contribution is -2.27. The molecular formula is C24H18FN5O3S. The Morgan fingerprint density at radius 2 is 1.97 bits per heavy atom. The van der Waals surface area contributed by atoms with Gasteiger partial charge in [-0.3, -0.25) is 4.52 Å². The summed E-state index contributed by atoms with van der Waals surface area (Å²) in [5, 5.41) is 17.1. The molecule has 0 aliphatic carbocycles. The number of fused-ring (bicyclic) bond motifs is 1. The summed E-state index contributed by atoms with van der Waals surface area (Å²) in [6.45, 7) is 0. The molecule has 3 aromatic heterocycles. The normalized spacial score (nSPS) is 11.8. The zero-order chi connectivity index (χ0) is 23.8. The van der Waals surface area contributed by atoms with Crippen LogP contribution in [0, 0.1) is 5.82 Å². The van der Waals surface area contributed by atoms with E-state index >= 15 is 0 Å². The summed E-state index contributed by atoms with van der Waals surface area (Å²) in [7, 11) is 3.24.